The molecule has 3 heterocycles. The SMILES string of the molecule is Nc1ncc(-c2cc([C@H]3[C@@H]4CC(N5CCCOCC5)C[C@@H]43)n(CC(F)F)n2)cc1OC(F)F. The molecule has 7 nitrogen and oxygen atoms in total. The third-order valence-electron chi connectivity index (χ3n) is 7.05. The molecule has 4 atom stereocenters. The minimum atomic E-state index is -3.05. The third-order valence-corrected chi connectivity index (χ3v) is 7.05. The lowest BCUT2D eigenvalue weighted by atomic mass is 10.0. The van der Waals surface area contributed by atoms with Gasteiger partial charge in [0, 0.05) is 49.1 Å². The van der Waals surface area contributed by atoms with Crippen molar-refractivity contribution in [1.29, 1.82) is 0 Å². The number of halogens is 4. The lowest BCUT2D eigenvalue weighted by Crippen LogP contribution is -2.36. The number of nitrogens with zero attached hydrogens (tertiary/aromatic N) is 4. The zero-order chi connectivity index (χ0) is 23.1. The van der Waals surface area contributed by atoms with Crippen LogP contribution in [0.25, 0.3) is 11.3 Å². The van der Waals surface area contributed by atoms with Gasteiger partial charge >= 0.3 is 6.61 Å². The second kappa shape index (κ2) is 9.09. The molecule has 0 aromatic carbocycles. The van der Waals surface area contributed by atoms with Crippen molar-refractivity contribution < 1.29 is 27.0 Å². The maximum atomic E-state index is 13.3. The van der Waals surface area contributed by atoms with Crippen LogP contribution in [0.15, 0.2) is 18.3 Å². The van der Waals surface area contributed by atoms with Crippen LogP contribution >= 0.6 is 0 Å². The summed E-state index contributed by atoms with van der Waals surface area (Å²) in [6, 6.07) is 3.61. The van der Waals surface area contributed by atoms with Crippen LogP contribution in [-0.2, 0) is 11.3 Å². The standard InChI is InChI=1S/C22H27F4N5O2/c23-19(24)11-31-17(9-16(29-31)12-6-18(33-22(25)26)21(27)28-10-12)20-14-7-13(8-15(14)20)30-2-1-4-32-5-3-30/h6,9-10,13-15,19-20,22H,1-5,7-8,11H2,(H2,27,28)/t13?,14-,15+,20+. The first-order valence-corrected chi connectivity index (χ1v) is 11.3. The zero-order valence-electron chi connectivity index (χ0n) is 18.0. The number of aromatic nitrogens is 3. The first kappa shape index (κ1) is 22.4. The number of rotatable bonds is 7. The van der Waals surface area contributed by atoms with E-state index < -0.39 is 19.6 Å². The Morgan fingerprint density at radius 2 is 1.91 bits per heavy atom. The monoisotopic (exact) mass is 469 g/mol. The molecular formula is C22H27F4N5O2. The molecule has 0 spiro atoms. The first-order chi connectivity index (χ1) is 15.9. The summed E-state index contributed by atoms with van der Waals surface area (Å²) in [6.45, 7) is -0.0256. The van der Waals surface area contributed by atoms with E-state index in [-0.39, 0.29) is 17.5 Å². The lowest BCUT2D eigenvalue weighted by Gasteiger charge is -2.28. The van der Waals surface area contributed by atoms with Gasteiger partial charge in [-0.25, -0.2) is 13.8 Å². The highest BCUT2D eigenvalue weighted by atomic mass is 19.3. The molecule has 2 aromatic heterocycles. The molecule has 3 fully saturated rings. The van der Waals surface area contributed by atoms with E-state index in [0.717, 1.165) is 51.3 Å². The van der Waals surface area contributed by atoms with Crippen molar-refractivity contribution in [3.05, 3.63) is 24.0 Å². The summed E-state index contributed by atoms with van der Waals surface area (Å²) in [5.74, 6) is 0.640. The number of pyridine rings is 1. The van der Waals surface area contributed by atoms with E-state index in [9.17, 15) is 17.6 Å². The molecule has 2 saturated carbocycles. The van der Waals surface area contributed by atoms with Crippen LogP contribution in [0.3, 0.4) is 0 Å². The fraction of sp³-hybridized carbons (Fsp3) is 0.636. The number of hydrogen-bond acceptors (Lipinski definition) is 6. The number of fused-ring (bicyclic) bond motifs is 1. The predicted octanol–water partition coefficient (Wildman–Crippen LogP) is 3.61. The Morgan fingerprint density at radius 3 is 2.64 bits per heavy atom. The Labute approximate surface area is 188 Å². The fourth-order valence-corrected chi connectivity index (χ4v) is 5.58. The number of nitrogen functional groups attached to an aromatic ring is 1. The average molecular weight is 469 g/mol. The molecule has 33 heavy (non-hydrogen) atoms. The predicted molar refractivity (Wildman–Crippen MR) is 112 cm³/mol. The zero-order valence-corrected chi connectivity index (χ0v) is 18.0. The second-order valence-electron chi connectivity index (χ2n) is 8.99. The van der Waals surface area contributed by atoms with Gasteiger partial charge in [0.15, 0.2) is 11.6 Å². The van der Waals surface area contributed by atoms with Crippen molar-refractivity contribution in [1.82, 2.24) is 19.7 Å². The summed E-state index contributed by atoms with van der Waals surface area (Å²) in [5.41, 5.74) is 7.17. The maximum Gasteiger partial charge on any atom is 0.387 e. The van der Waals surface area contributed by atoms with Gasteiger partial charge in [0.2, 0.25) is 0 Å². The molecule has 0 radical (unpaired) electrons. The molecule has 2 aromatic rings. The van der Waals surface area contributed by atoms with Crippen LogP contribution in [-0.4, -0.2) is 65.0 Å². The number of hydrogen-bond donors (Lipinski definition) is 1. The minimum Gasteiger partial charge on any atom is -0.431 e. The van der Waals surface area contributed by atoms with Crippen molar-refractivity contribution in [3.8, 4) is 17.0 Å². The van der Waals surface area contributed by atoms with Crippen LogP contribution in [0.5, 0.6) is 5.75 Å². The molecule has 1 saturated heterocycles. The normalized spacial score (nSPS) is 27.7. The molecule has 11 heteroatoms. The number of nitrogens with two attached hydrogens (primary N) is 1. The summed E-state index contributed by atoms with van der Waals surface area (Å²) in [5, 5.41) is 4.37. The first-order valence-electron chi connectivity index (χ1n) is 11.3. The smallest absolute Gasteiger partial charge is 0.387 e. The average Bonchev–Trinajstić information content (AvgIpc) is 3.15. The fourth-order valence-electron chi connectivity index (χ4n) is 5.58. The Morgan fingerprint density at radius 1 is 1.12 bits per heavy atom. The molecule has 180 valence electrons. The Kier molecular flexibility index (Phi) is 6.17. The van der Waals surface area contributed by atoms with Crippen molar-refractivity contribution in [3.63, 3.8) is 0 Å². The van der Waals surface area contributed by atoms with Gasteiger partial charge in [-0.05, 0) is 43.2 Å². The van der Waals surface area contributed by atoms with E-state index >= 15 is 0 Å². The van der Waals surface area contributed by atoms with Crippen molar-refractivity contribution in [2.24, 2.45) is 11.8 Å². The molecular weight excluding hydrogens is 442 g/mol. The highest BCUT2D eigenvalue weighted by molar-refractivity contribution is 5.64. The largest absolute Gasteiger partial charge is 0.431 e. The van der Waals surface area contributed by atoms with Gasteiger partial charge < -0.3 is 15.2 Å². The van der Waals surface area contributed by atoms with Gasteiger partial charge in [-0.15, -0.1) is 0 Å². The van der Waals surface area contributed by atoms with Gasteiger partial charge in [0.25, 0.3) is 6.43 Å². The van der Waals surface area contributed by atoms with E-state index in [1.165, 1.54) is 16.9 Å². The summed E-state index contributed by atoms with van der Waals surface area (Å²) < 4.78 is 63.2. The quantitative estimate of drug-likeness (QED) is 0.625. The van der Waals surface area contributed by atoms with Gasteiger partial charge in [-0.3, -0.25) is 9.58 Å². The van der Waals surface area contributed by atoms with Gasteiger partial charge in [0.05, 0.1) is 12.3 Å². The van der Waals surface area contributed by atoms with E-state index in [4.69, 9.17) is 10.5 Å². The molecule has 2 aliphatic carbocycles. The van der Waals surface area contributed by atoms with Gasteiger partial charge in [0.1, 0.15) is 6.54 Å². The Bertz CT molecular complexity index is 968. The van der Waals surface area contributed by atoms with Crippen LogP contribution < -0.4 is 10.5 Å². The molecule has 1 unspecified atom stereocenters. The molecule has 0 amide bonds. The maximum absolute atomic E-state index is 13.3. The van der Waals surface area contributed by atoms with Crippen LogP contribution in [0, 0.1) is 11.8 Å². The van der Waals surface area contributed by atoms with Crippen molar-refractivity contribution in [2.45, 2.75) is 50.8 Å². The van der Waals surface area contributed by atoms with Crippen LogP contribution in [0.4, 0.5) is 23.4 Å². The molecule has 1 aliphatic heterocycles. The topological polar surface area (TPSA) is 78.4 Å². The molecule has 0 bridgehead atoms. The molecule has 3 aliphatic rings. The second-order valence-corrected chi connectivity index (χ2v) is 8.99. The van der Waals surface area contributed by atoms with Gasteiger partial charge in [-0.1, -0.05) is 0 Å². The summed E-state index contributed by atoms with van der Waals surface area (Å²) in [4.78, 5) is 6.40. The van der Waals surface area contributed by atoms with Crippen LogP contribution in [0.1, 0.15) is 30.9 Å². The van der Waals surface area contributed by atoms with E-state index in [1.807, 2.05) is 0 Å². The highest BCUT2D eigenvalue weighted by Gasteiger charge is 2.58. The van der Waals surface area contributed by atoms with E-state index in [2.05, 4.69) is 19.7 Å². The van der Waals surface area contributed by atoms with E-state index in [0.29, 0.717) is 29.1 Å². The summed E-state index contributed by atoms with van der Waals surface area (Å²) >= 11 is 0. The molecule has 2 N–H and O–H groups in total. The minimum absolute atomic E-state index is 0.173. The Balaban J connectivity index is 1.35. The third kappa shape index (κ3) is 4.65. The lowest BCUT2D eigenvalue weighted by molar-refractivity contribution is -0.0494. The number of ether oxygens (including phenoxy) is 2. The summed E-state index contributed by atoms with van der Waals surface area (Å²) in [7, 11) is 0. The van der Waals surface area contributed by atoms with Crippen molar-refractivity contribution >= 4 is 5.82 Å². The highest BCUT2D eigenvalue weighted by Crippen LogP contribution is 2.64. The van der Waals surface area contributed by atoms with Gasteiger partial charge in [-0.2, -0.15) is 13.9 Å². The van der Waals surface area contributed by atoms with Crippen molar-refractivity contribution in [2.75, 3.05) is 32.0 Å². The summed E-state index contributed by atoms with van der Waals surface area (Å²) in [6.07, 6.45) is 1.95. The number of alkyl halides is 4. The van der Waals surface area contributed by atoms with E-state index in [1.54, 1.807) is 6.07 Å². The number of anilines is 1. The Hall–Kier alpha value is -2.40. The van der Waals surface area contributed by atoms with Crippen LogP contribution in [0.2, 0.25) is 0 Å². The molecule has 5 rings (SSSR count).